The van der Waals surface area contributed by atoms with Gasteiger partial charge in [0.2, 0.25) is 5.43 Å². The summed E-state index contributed by atoms with van der Waals surface area (Å²) >= 11 is 0. The van der Waals surface area contributed by atoms with Crippen molar-refractivity contribution in [3.63, 3.8) is 0 Å². The molecule has 1 fully saturated rings. The third-order valence-electron chi connectivity index (χ3n) is 5.74. The van der Waals surface area contributed by atoms with Crippen LogP contribution in [-0.4, -0.2) is 15.6 Å². The van der Waals surface area contributed by atoms with Gasteiger partial charge in [-0.1, -0.05) is 6.07 Å². The summed E-state index contributed by atoms with van der Waals surface area (Å²) in [5.41, 5.74) is 4.43. The number of hydrogen-bond acceptors (Lipinski definition) is 4. The topological polar surface area (TPSA) is 88.6 Å². The summed E-state index contributed by atoms with van der Waals surface area (Å²) in [6.45, 7) is 0.224. The van der Waals surface area contributed by atoms with Crippen molar-refractivity contribution in [2.75, 3.05) is 10.6 Å². The Hall–Kier alpha value is -3.49. The second-order valence-electron chi connectivity index (χ2n) is 7.70. The van der Waals surface area contributed by atoms with Crippen LogP contribution in [0.4, 0.5) is 24.5 Å². The highest BCUT2D eigenvalue weighted by molar-refractivity contribution is 5.99. The van der Waals surface area contributed by atoms with Crippen LogP contribution in [-0.2, 0) is 13.1 Å². The fourth-order valence-corrected chi connectivity index (χ4v) is 4.14. The third-order valence-corrected chi connectivity index (χ3v) is 5.74. The van der Waals surface area contributed by atoms with Crippen LogP contribution < -0.4 is 16.1 Å². The number of hydrogen-bond donors (Lipinski definition) is 2. The molecular formula is C21H16F3N3O3. The summed E-state index contributed by atoms with van der Waals surface area (Å²) < 4.78 is 45.9. The first-order valence-corrected chi connectivity index (χ1v) is 9.38. The van der Waals surface area contributed by atoms with Gasteiger partial charge in [0, 0.05) is 25.3 Å². The molecule has 0 saturated heterocycles. The molecule has 1 aliphatic carbocycles. The number of fused-ring (bicyclic) bond motifs is 2. The maximum Gasteiger partial charge on any atom is 0.341 e. The number of aromatic carboxylic acids is 1. The van der Waals surface area contributed by atoms with Crippen LogP contribution in [0.3, 0.4) is 0 Å². The molecule has 0 spiro atoms. The molecule has 2 aromatic carbocycles. The van der Waals surface area contributed by atoms with E-state index in [2.05, 4.69) is 0 Å². The lowest BCUT2D eigenvalue weighted by Gasteiger charge is -2.23. The van der Waals surface area contributed by atoms with Gasteiger partial charge < -0.3 is 20.3 Å². The second kappa shape index (κ2) is 6.25. The maximum absolute atomic E-state index is 15.7. The van der Waals surface area contributed by atoms with Gasteiger partial charge in [-0.3, -0.25) is 4.79 Å². The maximum atomic E-state index is 15.7. The van der Waals surface area contributed by atoms with E-state index in [0.29, 0.717) is 18.4 Å². The van der Waals surface area contributed by atoms with Crippen LogP contribution in [0, 0.1) is 17.5 Å². The number of carboxylic acid groups (broad SMARTS) is 1. The van der Waals surface area contributed by atoms with E-state index in [9.17, 15) is 19.1 Å². The molecule has 9 heteroatoms. The fraction of sp³-hybridized carbons (Fsp3) is 0.238. The van der Waals surface area contributed by atoms with E-state index in [4.69, 9.17) is 5.73 Å². The zero-order valence-corrected chi connectivity index (χ0v) is 15.6. The molecule has 2 heterocycles. The van der Waals surface area contributed by atoms with Crippen LogP contribution in [0.15, 0.2) is 29.2 Å². The molecule has 0 unspecified atom stereocenters. The van der Waals surface area contributed by atoms with E-state index in [1.807, 2.05) is 0 Å². The summed E-state index contributed by atoms with van der Waals surface area (Å²) in [6.07, 6.45) is 2.46. The molecule has 3 N–H and O–H groups in total. The SMILES string of the molecule is Nc1c(F)c(N2Cc3ccc(F)cc3C2)c(F)c2c1c(=O)c(C(=O)O)cn2C1CC1. The Morgan fingerprint density at radius 1 is 1.10 bits per heavy atom. The van der Waals surface area contributed by atoms with Crippen molar-refractivity contribution in [2.24, 2.45) is 0 Å². The van der Waals surface area contributed by atoms with Crippen molar-refractivity contribution >= 4 is 28.2 Å². The van der Waals surface area contributed by atoms with Crippen molar-refractivity contribution in [3.05, 3.63) is 68.8 Å². The number of pyridine rings is 1. The summed E-state index contributed by atoms with van der Waals surface area (Å²) in [4.78, 5) is 25.6. The molecular weight excluding hydrogens is 399 g/mol. The van der Waals surface area contributed by atoms with Crippen LogP contribution in [0.1, 0.15) is 40.4 Å². The number of carboxylic acids is 1. The summed E-state index contributed by atoms with van der Waals surface area (Å²) in [6, 6.07) is 3.96. The third kappa shape index (κ3) is 2.58. The van der Waals surface area contributed by atoms with Crippen LogP contribution in [0.25, 0.3) is 10.9 Å². The van der Waals surface area contributed by atoms with E-state index in [1.54, 1.807) is 6.07 Å². The Kier molecular flexibility index (Phi) is 3.86. The Labute approximate surface area is 167 Å². The molecule has 0 atom stereocenters. The van der Waals surface area contributed by atoms with E-state index < -0.39 is 51.2 Å². The van der Waals surface area contributed by atoms with E-state index in [0.717, 1.165) is 11.8 Å². The van der Waals surface area contributed by atoms with Crippen LogP contribution in [0.5, 0.6) is 0 Å². The minimum atomic E-state index is -1.49. The molecule has 30 heavy (non-hydrogen) atoms. The normalized spacial score (nSPS) is 15.6. The molecule has 1 saturated carbocycles. The Morgan fingerprint density at radius 2 is 1.80 bits per heavy atom. The van der Waals surface area contributed by atoms with Gasteiger partial charge in [0.05, 0.1) is 16.6 Å². The van der Waals surface area contributed by atoms with Gasteiger partial charge in [-0.15, -0.1) is 0 Å². The second-order valence-corrected chi connectivity index (χ2v) is 7.70. The fourth-order valence-electron chi connectivity index (χ4n) is 4.14. The average Bonchev–Trinajstić information content (AvgIpc) is 3.45. The van der Waals surface area contributed by atoms with Crippen molar-refractivity contribution < 1.29 is 23.1 Å². The highest BCUT2D eigenvalue weighted by Crippen LogP contribution is 2.43. The van der Waals surface area contributed by atoms with Crippen molar-refractivity contribution in [2.45, 2.75) is 32.0 Å². The summed E-state index contributed by atoms with van der Waals surface area (Å²) in [5, 5.41) is 8.88. The standard InChI is InChI=1S/C21H16F3N3O3/c22-11-2-1-9-6-26(7-10(9)5-11)19-15(23)17(25)14-18(16(19)24)27(12-3-4-12)8-13(20(14)28)21(29)30/h1-2,5,8,12H,3-4,6-7,25H2,(H,29,30). The predicted molar refractivity (Wildman–Crippen MR) is 104 cm³/mol. The van der Waals surface area contributed by atoms with Crippen LogP contribution >= 0.6 is 0 Å². The van der Waals surface area contributed by atoms with Gasteiger partial charge in [-0.25, -0.2) is 18.0 Å². The number of halogens is 3. The minimum Gasteiger partial charge on any atom is -0.477 e. The smallest absolute Gasteiger partial charge is 0.341 e. The first-order valence-electron chi connectivity index (χ1n) is 9.38. The number of nitrogens with two attached hydrogens (primary N) is 1. The lowest BCUT2D eigenvalue weighted by molar-refractivity contribution is 0.0695. The molecule has 0 amide bonds. The molecule has 0 radical (unpaired) electrons. The number of anilines is 2. The van der Waals surface area contributed by atoms with Crippen molar-refractivity contribution in [1.82, 2.24) is 4.57 Å². The van der Waals surface area contributed by atoms with Crippen LogP contribution in [0.2, 0.25) is 0 Å². The van der Waals surface area contributed by atoms with Gasteiger partial charge in [0.15, 0.2) is 11.6 Å². The molecule has 2 aliphatic rings. The first kappa shape index (κ1) is 18.5. The van der Waals surface area contributed by atoms with E-state index in [-0.39, 0.29) is 24.6 Å². The number of carbonyl (C=O) groups is 1. The van der Waals surface area contributed by atoms with Gasteiger partial charge in [0.1, 0.15) is 17.1 Å². The molecule has 0 bridgehead atoms. The molecule has 6 nitrogen and oxygen atoms in total. The van der Waals surface area contributed by atoms with E-state index in [1.165, 1.54) is 21.6 Å². The molecule has 1 aliphatic heterocycles. The van der Waals surface area contributed by atoms with Gasteiger partial charge in [-0.05, 0) is 36.1 Å². The highest BCUT2D eigenvalue weighted by atomic mass is 19.1. The average molecular weight is 415 g/mol. The molecule has 3 aromatic rings. The Bertz CT molecular complexity index is 1310. The van der Waals surface area contributed by atoms with Gasteiger partial charge in [0.25, 0.3) is 0 Å². The largest absolute Gasteiger partial charge is 0.477 e. The predicted octanol–water partition coefficient (Wildman–Crippen LogP) is 3.55. The summed E-state index contributed by atoms with van der Waals surface area (Å²) in [5.74, 6) is -4.04. The Morgan fingerprint density at radius 3 is 2.47 bits per heavy atom. The van der Waals surface area contributed by atoms with Gasteiger partial charge in [-0.2, -0.15) is 0 Å². The summed E-state index contributed by atoms with van der Waals surface area (Å²) in [7, 11) is 0. The number of benzene rings is 2. The number of nitrogens with zero attached hydrogens (tertiary/aromatic N) is 2. The molecule has 154 valence electrons. The zero-order valence-electron chi connectivity index (χ0n) is 15.6. The zero-order chi connectivity index (χ0) is 21.3. The lowest BCUT2D eigenvalue weighted by Crippen LogP contribution is -2.24. The quantitative estimate of drug-likeness (QED) is 0.639. The molecule has 5 rings (SSSR count). The van der Waals surface area contributed by atoms with Gasteiger partial charge >= 0.3 is 5.97 Å². The van der Waals surface area contributed by atoms with E-state index >= 15 is 8.78 Å². The first-order chi connectivity index (χ1) is 14.3. The highest BCUT2D eigenvalue weighted by Gasteiger charge is 2.34. The van der Waals surface area contributed by atoms with Crippen molar-refractivity contribution in [3.8, 4) is 0 Å². The van der Waals surface area contributed by atoms with Crippen molar-refractivity contribution in [1.29, 1.82) is 0 Å². The Balaban J connectivity index is 1.78. The lowest BCUT2D eigenvalue weighted by atomic mass is 10.1. The molecule has 1 aromatic heterocycles. The number of rotatable bonds is 3. The number of aromatic nitrogens is 1. The number of nitrogen functional groups attached to an aromatic ring is 1. The minimum absolute atomic E-state index is 0.0761. The monoisotopic (exact) mass is 415 g/mol.